The lowest BCUT2D eigenvalue weighted by Crippen LogP contribution is -2.18. The zero-order valence-electron chi connectivity index (χ0n) is 10.2. The van der Waals surface area contributed by atoms with Crippen LogP contribution in [0.25, 0.3) is 11.1 Å². The number of carbonyl (C=O) groups is 2. The predicted octanol–water partition coefficient (Wildman–Crippen LogP) is 2.45. The Morgan fingerprint density at radius 1 is 1.00 bits per heavy atom. The van der Waals surface area contributed by atoms with Crippen molar-refractivity contribution in [1.29, 1.82) is 0 Å². The van der Waals surface area contributed by atoms with E-state index in [0.29, 0.717) is 10.0 Å². The summed E-state index contributed by atoms with van der Waals surface area (Å²) in [6, 6.07) is 8.47. The Morgan fingerprint density at radius 3 is 2.00 bits per heavy atom. The lowest BCUT2D eigenvalue weighted by atomic mass is 9.93. The molecule has 102 valence electrons. The summed E-state index contributed by atoms with van der Waals surface area (Å²) in [6.07, 6.45) is 0. The van der Waals surface area contributed by atoms with Crippen molar-refractivity contribution in [2.75, 3.05) is 0 Å². The molecule has 0 saturated heterocycles. The second kappa shape index (κ2) is 5.42. The van der Waals surface area contributed by atoms with Crippen LogP contribution >= 0.6 is 15.9 Å². The van der Waals surface area contributed by atoms with Gasteiger partial charge in [-0.25, -0.2) is 4.39 Å². The van der Waals surface area contributed by atoms with Gasteiger partial charge in [-0.15, -0.1) is 0 Å². The minimum absolute atomic E-state index is 0.110. The molecule has 4 N–H and O–H groups in total. The highest BCUT2D eigenvalue weighted by molar-refractivity contribution is 9.10. The molecule has 0 fully saturated rings. The minimum Gasteiger partial charge on any atom is -0.366 e. The molecule has 0 aliphatic rings. The quantitative estimate of drug-likeness (QED) is 0.901. The molecule has 20 heavy (non-hydrogen) atoms. The molecule has 6 heteroatoms. The number of nitrogens with two attached hydrogens (primary N) is 2. The fourth-order valence-electron chi connectivity index (χ4n) is 1.97. The molecule has 0 aliphatic heterocycles. The molecule has 0 aliphatic carbocycles. The van der Waals surface area contributed by atoms with E-state index < -0.39 is 17.6 Å². The summed E-state index contributed by atoms with van der Waals surface area (Å²) in [4.78, 5) is 23.0. The molecule has 0 unspecified atom stereocenters. The summed E-state index contributed by atoms with van der Waals surface area (Å²) >= 11 is 3.16. The SMILES string of the molecule is NC(=O)c1cccc(C(N)=O)c1-c1cc(F)cc(Br)c1. The van der Waals surface area contributed by atoms with E-state index in [4.69, 9.17) is 11.5 Å². The Hall–Kier alpha value is -2.21. The summed E-state index contributed by atoms with van der Waals surface area (Å²) in [6.45, 7) is 0. The van der Waals surface area contributed by atoms with Crippen molar-refractivity contribution in [1.82, 2.24) is 0 Å². The lowest BCUT2D eigenvalue weighted by Gasteiger charge is -2.12. The van der Waals surface area contributed by atoms with Crippen molar-refractivity contribution < 1.29 is 14.0 Å². The monoisotopic (exact) mass is 336 g/mol. The van der Waals surface area contributed by atoms with Crippen LogP contribution in [0.3, 0.4) is 0 Å². The highest BCUT2D eigenvalue weighted by Crippen LogP contribution is 2.30. The van der Waals surface area contributed by atoms with E-state index in [1.807, 2.05) is 0 Å². The molecular formula is C14H10BrFN2O2. The first kappa shape index (κ1) is 14.2. The zero-order valence-corrected chi connectivity index (χ0v) is 11.8. The molecule has 2 amide bonds. The summed E-state index contributed by atoms with van der Waals surface area (Å²) in [5.74, 6) is -1.95. The summed E-state index contributed by atoms with van der Waals surface area (Å²) in [5.41, 5.74) is 11.4. The average Bonchev–Trinajstić information content (AvgIpc) is 2.36. The fraction of sp³-hybridized carbons (Fsp3) is 0. The molecular weight excluding hydrogens is 327 g/mol. The van der Waals surface area contributed by atoms with Crippen LogP contribution in [0.1, 0.15) is 20.7 Å². The maximum Gasteiger partial charge on any atom is 0.249 e. The molecule has 0 heterocycles. The van der Waals surface area contributed by atoms with E-state index >= 15 is 0 Å². The van der Waals surface area contributed by atoms with Crippen LogP contribution in [0.15, 0.2) is 40.9 Å². The van der Waals surface area contributed by atoms with Gasteiger partial charge in [0.15, 0.2) is 0 Å². The van der Waals surface area contributed by atoms with Crippen LogP contribution in [0.2, 0.25) is 0 Å². The fourth-order valence-corrected chi connectivity index (χ4v) is 2.44. The maximum atomic E-state index is 13.5. The maximum absolute atomic E-state index is 13.5. The van der Waals surface area contributed by atoms with Crippen LogP contribution < -0.4 is 11.5 Å². The number of amides is 2. The van der Waals surface area contributed by atoms with Gasteiger partial charge in [0, 0.05) is 21.2 Å². The van der Waals surface area contributed by atoms with Crippen molar-refractivity contribution in [2.24, 2.45) is 11.5 Å². The van der Waals surface area contributed by atoms with Crippen LogP contribution in [-0.4, -0.2) is 11.8 Å². The van der Waals surface area contributed by atoms with E-state index in [2.05, 4.69) is 15.9 Å². The zero-order chi connectivity index (χ0) is 14.9. The van der Waals surface area contributed by atoms with Crippen molar-refractivity contribution in [2.45, 2.75) is 0 Å². The summed E-state index contributed by atoms with van der Waals surface area (Å²) in [5, 5.41) is 0. The van der Waals surface area contributed by atoms with Crippen LogP contribution in [0, 0.1) is 5.82 Å². The van der Waals surface area contributed by atoms with Gasteiger partial charge in [-0.1, -0.05) is 22.0 Å². The van der Waals surface area contributed by atoms with E-state index in [0.717, 1.165) is 0 Å². The van der Waals surface area contributed by atoms with Crippen molar-refractivity contribution in [3.63, 3.8) is 0 Å². The van der Waals surface area contributed by atoms with Gasteiger partial charge in [0.05, 0.1) is 0 Å². The smallest absolute Gasteiger partial charge is 0.249 e. The summed E-state index contributed by atoms with van der Waals surface area (Å²) < 4.78 is 14.0. The van der Waals surface area contributed by atoms with Gasteiger partial charge in [0.25, 0.3) is 0 Å². The molecule has 0 saturated carbocycles. The lowest BCUT2D eigenvalue weighted by molar-refractivity contribution is 0.0999. The number of halogens is 2. The third-order valence-corrected chi connectivity index (χ3v) is 3.20. The van der Waals surface area contributed by atoms with Crippen molar-refractivity contribution in [3.8, 4) is 11.1 Å². The molecule has 0 aromatic heterocycles. The Morgan fingerprint density at radius 2 is 1.55 bits per heavy atom. The van der Waals surface area contributed by atoms with Crippen molar-refractivity contribution >= 4 is 27.7 Å². The number of benzene rings is 2. The number of hydrogen-bond acceptors (Lipinski definition) is 2. The van der Waals surface area contributed by atoms with Gasteiger partial charge in [0.2, 0.25) is 11.8 Å². The number of primary amides is 2. The molecule has 2 aromatic carbocycles. The van der Waals surface area contributed by atoms with Gasteiger partial charge in [0.1, 0.15) is 5.82 Å². The van der Waals surface area contributed by atoms with Gasteiger partial charge in [-0.05, 0) is 35.9 Å². The predicted molar refractivity (Wildman–Crippen MR) is 76.6 cm³/mol. The average molecular weight is 337 g/mol. The number of carbonyl (C=O) groups excluding carboxylic acids is 2. The van der Waals surface area contributed by atoms with Crippen LogP contribution in [0.4, 0.5) is 4.39 Å². The summed E-state index contributed by atoms with van der Waals surface area (Å²) in [7, 11) is 0. The van der Waals surface area contributed by atoms with Gasteiger partial charge in [-0.2, -0.15) is 0 Å². The first-order valence-electron chi connectivity index (χ1n) is 5.59. The molecule has 0 radical (unpaired) electrons. The van der Waals surface area contributed by atoms with E-state index in [9.17, 15) is 14.0 Å². The topological polar surface area (TPSA) is 86.2 Å². The van der Waals surface area contributed by atoms with Crippen LogP contribution in [-0.2, 0) is 0 Å². The highest BCUT2D eigenvalue weighted by Gasteiger charge is 2.18. The van der Waals surface area contributed by atoms with Crippen molar-refractivity contribution in [3.05, 3.63) is 57.8 Å². The Balaban J connectivity index is 2.82. The minimum atomic E-state index is -0.719. The molecule has 0 atom stereocenters. The Labute approximate surface area is 122 Å². The molecule has 2 aromatic rings. The van der Waals surface area contributed by atoms with Crippen LogP contribution in [0.5, 0.6) is 0 Å². The van der Waals surface area contributed by atoms with E-state index in [1.54, 1.807) is 6.07 Å². The third kappa shape index (κ3) is 2.70. The highest BCUT2D eigenvalue weighted by atomic mass is 79.9. The van der Waals surface area contributed by atoms with E-state index in [-0.39, 0.29) is 16.7 Å². The molecule has 0 spiro atoms. The van der Waals surface area contributed by atoms with E-state index in [1.165, 1.54) is 30.3 Å². The second-order valence-electron chi connectivity index (χ2n) is 4.11. The van der Waals surface area contributed by atoms with Gasteiger partial charge in [-0.3, -0.25) is 9.59 Å². The number of hydrogen-bond donors (Lipinski definition) is 2. The Bertz CT molecular complexity index is 664. The second-order valence-corrected chi connectivity index (χ2v) is 5.03. The molecule has 0 bridgehead atoms. The van der Waals surface area contributed by atoms with Gasteiger partial charge >= 0.3 is 0 Å². The normalized spacial score (nSPS) is 10.3. The standard InChI is InChI=1S/C14H10BrFN2O2/c15-8-4-7(5-9(16)6-8)12-10(13(17)19)2-1-3-11(12)14(18)20/h1-6H,(H2,17,19)(H2,18,20). The molecule has 2 rings (SSSR count). The Kier molecular flexibility index (Phi) is 3.85. The van der Waals surface area contributed by atoms with Gasteiger partial charge < -0.3 is 11.5 Å². The first-order chi connectivity index (χ1) is 9.40. The molecule has 4 nitrogen and oxygen atoms in total. The first-order valence-corrected chi connectivity index (χ1v) is 6.38. The third-order valence-electron chi connectivity index (χ3n) is 2.75. The largest absolute Gasteiger partial charge is 0.366 e. The number of rotatable bonds is 3.